The topological polar surface area (TPSA) is 49.9 Å². The molecule has 0 N–H and O–H groups in total. The molecule has 0 radical (unpaired) electrons. The standard InChI is InChI=1S/C16H20F2N2O3/c1-2-23-16(22)20-8-4-7-19(9-10-20)14(21)11-12-5-3-6-13(17)15(12)18/h3,5-6H,2,4,7-11H2,1H3. The van der Waals surface area contributed by atoms with Crippen LogP contribution in [-0.2, 0) is 16.0 Å². The van der Waals surface area contributed by atoms with E-state index in [-0.39, 0.29) is 17.9 Å². The molecule has 7 heteroatoms. The molecule has 1 aromatic carbocycles. The molecule has 1 aliphatic heterocycles. The number of ether oxygens (including phenoxy) is 1. The van der Waals surface area contributed by atoms with Gasteiger partial charge in [-0.05, 0) is 19.4 Å². The molecule has 2 rings (SSSR count). The average molecular weight is 326 g/mol. The SMILES string of the molecule is CCOC(=O)N1CCCN(C(=O)Cc2cccc(F)c2F)CC1. The molecule has 0 atom stereocenters. The predicted octanol–water partition coefficient (Wildman–Crippen LogP) is 2.20. The van der Waals surface area contributed by atoms with E-state index >= 15 is 0 Å². The molecule has 0 unspecified atom stereocenters. The normalized spacial score (nSPS) is 15.3. The highest BCUT2D eigenvalue weighted by atomic mass is 19.2. The molecule has 2 amide bonds. The Labute approximate surface area is 133 Å². The van der Waals surface area contributed by atoms with E-state index < -0.39 is 17.7 Å². The van der Waals surface area contributed by atoms with Crippen molar-refractivity contribution in [1.82, 2.24) is 9.80 Å². The van der Waals surface area contributed by atoms with Crippen LogP contribution in [-0.4, -0.2) is 54.6 Å². The fraction of sp³-hybridized carbons (Fsp3) is 0.500. The van der Waals surface area contributed by atoms with Crippen molar-refractivity contribution in [3.8, 4) is 0 Å². The van der Waals surface area contributed by atoms with Gasteiger partial charge in [-0.3, -0.25) is 4.79 Å². The van der Waals surface area contributed by atoms with Gasteiger partial charge >= 0.3 is 6.09 Å². The average Bonchev–Trinajstić information content (AvgIpc) is 2.78. The number of benzene rings is 1. The van der Waals surface area contributed by atoms with Gasteiger partial charge in [0.2, 0.25) is 5.91 Å². The minimum atomic E-state index is -0.983. The zero-order valence-electron chi connectivity index (χ0n) is 13.1. The van der Waals surface area contributed by atoms with Gasteiger partial charge in [0.25, 0.3) is 0 Å². The number of hydrogen-bond donors (Lipinski definition) is 0. The van der Waals surface area contributed by atoms with Gasteiger partial charge in [-0.1, -0.05) is 12.1 Å². The Morgan fingerprint density at radius 1 is 1.13 bits per heavy atom. The number of hydrogen-bond acceptors (Lipinski definition) is 3. The largest absolute Gasteiger partial charge is 0.450 e. The lowest BCUT2D eigenvalue weighted by atomic mass is 10.1. The van der Waals surface area contributed by atoms with E-state index in [1.807, 2.05) is 0 Å². The van der Waals surface area contributed by atoms with Crippen LogP contribution in [0.25, 0.3) is 0 Å². The van der Waals surface area contributed by atoms with Crippen molar-refractivity contribution in [1.29, 1.82) is 0 Å². The van der Waals surface area contributed by atoms with Crippen LogP contribution in [0.1, 0.15) is 18.9 Å². The van der Waals surface area contributed by atoms with Crippen molar-refractivity contribution in [3.05, 3.63) is 35.4 Å². The molecule has 0 bridgehead atoms. The Hall–Kier alpha value is -2.18. The maximum Gasteiger partial charge on any atom is 0.409 e. The number of rotatable bonds is 3. The fourth-order valence-corrected chi connectivity index (χ4v) is 2.52. The van der Waals surface area contributed by atoms with Crippen molar-refractivity contribution < 1.29 is 23.1 Å². The minimum absolute atomic E-state index is 0.0431. The van der Waals surface area contributed by atoms with E-state index in [9.17, 15) is 18.4 Å². The Balaban J connectivity index is 1.95. The number of carbonyl (C=O) groups excluding carboxylic acids is 2. The Morgan fingerprint density at radius 3 is 2.57 bits per heavy atom. The van der Waals surface area contributed by atoms with E-state index in [2.05, 4.69) is 0 Å². The van der Waals surface area contributed by atoms with Gasteiger partial charge in [0, 0.05) is 31.7 Å². The summed E-state index contributed by atoms with van der Waals surface area (Å²) in [5.41, 5.74) is 0.0431. The monoisotopic (exact) mass is 326 g/mol. The van der Waals surface area contributed by atoms with Gasteiger partial charge in [0.15, 0.2) is 11.6 Å². The summed E-state index contributed by atoms with van der Waals surface area (Å²) in [7, 11) is 0. The summed E-state index contributed by atoms with van der Waals surface area (Å²) < 4.78 is 31.8. The molecule has 1 aromatic rings. The van der Waals surface area contributed by atoms with E-state index in [1.165, 1.54) is 12.1 Å². The number of nitrogens with zero attached hydrogens (tertiary/aromatic N) is 2. The zero-order valence-corrected chi connectivity index (χ0v) is 13.1. The van der Waals surface area contributed by atoms with Gasteiger partial charge < -0.3 is 14.5 Å². The summed E-state index contributed by atoms with van der Waals surface area (Å²) in [6.07, 6.45) is 0.0390. The smallest absolute Gasteiger partial charge is 0.409 e. The lowest BCUT2D eigenvalue weighted by molar-refractivity contribution is -0.130. The molecule has 5 nitrogen and oxygen atoms in total. The summed E-state index contributed by atoms with van der Waals surface area (Å²) >= 11 is 0. The molecule has 0 aliphatic carbocycles. The number of halogens is 2. The molecule has 0 saturated carbocycles. The fourth-order valence-electron chi connectivity index (χ4n) is 2.52. The zero-order chi connectivity index (χ0) is 16.8. The van der Waals surface area contributed by atoms with E-state index in [0.717, 1.165) is 6.07 Å². The summed E-state index contributed by atoms with van der Waals surface area (Å²) in [5, 5.41) is 0. The van der Waals surface area contributed by atoms with E-state index in [0.29, 0.717) is 39.2 Å². The second-order valence-corrected chi connectivity index (χ2v) is 5.31. The van der Waals surface area contributed by atoms with Gasteiger partial charge in [-0.25, -0.2) is 13.6 Å². The first kappa shape index (κ1) is 17.2. The third kappa shape index (κ3) is 4.40. The van der Waals surface area contributed by atoms with Crippen LogP contribution >= 0.6 is 0 Å². The maximum atomic E-state index is 13.6. The van der Waals surface area contributed by atoms with Crippen LogP contribution in [0, 0.1) is 11.6 Å². The highest BCUT2D eigenvalue weighted by molar-refractivity contribution is 5.79. The van der Waals surface area contributed by atoms with Crippen molar-refractivity contribution in [2.24, 2.45) is 0 Å². The van der Waals surface area contributed by atoms with E-state index in [1.54, 1.807) is 16.7 Å². The summed E-state index contributed by atoms with van der Waals surface area (Å²) in [5.74, 6) is -2.22. The van der Waals surface area contributed by atoms with Crippen LogP contribution < -0.4 is 0 Å². The van der Waals surface area contributed by atoms with Crippen molar-refractivity contribution >= 4 is 12.0 Å². The maximum absolute atomic E-state index is 13.6. The van der Waals surface area contributed by atoms with Crippen LogP contribution in [0.3, 0.4) is 0 Å². The molecule has 0 spiro atoms. The first-order valence-corrected chi connectivity index (χ1v) is 7.65. The van der Waals surface area contributed by atoms with E-state index in [4.69, 9.17) is 4.74 Å². The molecule has 23 heavy (non-hydrogen) atoms. The van der Waals surface area contributed by atoms with Crippen LogP contribution in [0.2, 0.25) is 0 Å². The van der Waals surface area contributed by atoms with Gasteiger partial charge in [-0.15, -0.1) is 0 Å². The minimum Gasteiger partial charge on any atom is -0.450 e. The van der Waals surface area contributed by atoms with Crippen LogP contribution in [0.15, 0.2) is 18.2 Å². The Kier molecular flexibility index (Phi) is 5.90. The number of carbonyl (C=O) groups is 2. The van der Waals surface area contributed by atoms with Gasteiger partial charge in [-0.2, -0.15) is 0 Å². The summed E-state index contributed by atoms with van der Waals surface area (Å²) in [6, 6.07) is 3.80. The lowest BCUT2D eigenvalue weighted by Crippen LogP contribution is -2.38. The molecule has 1 saturated heterocycles. The molecule has 1 heterocycles. The van der Waals surface area contributed by atoms with Crippen molar-refractivity contribution in [3.63, 3.8) is 0 Å². The molecule has 1 fully saturated rings. The predicted molar refractivity (Wildman–Crippen MR) is 79.9 cm³/mol. The molecule has 126 valence electrons. The summed E-state index contributed by atoms with van der Waals surface area (Å²) in [4.78, 5) is 27.1. The number of amides is 2. The first-order valence-electron chi connectivity index (χ1n) is 7.65. The second-order valence-electron chi connectivity index (χ2n) is 5.31. The van der Waals surface area contributed by atoms with Crippen LogP contribution in [0.5, 0.6) is 0 Å². The first-order chi connectivity index (χ1) is 11.0. The molecule has 0 aromatic heterocycles. The van der Waals surface area contributed by atoms with Crippen molar-refractivity contribution in [2.75, 3.05) is 32.8 Å². The van der Waals surface area contributed by atoms with Gasteiger partial charge in [0.05, 0.1) is 13.0 Å². The quantitative estimate of drug-likeness (QED) is 0.856. The Morgan fingerprint density at radius 2 is 1.83 bits per heavy atom. The lowest BCUT2D eigenvalue weighted by Gasteiger charge is -2.22. The second kappa shape index (κ2) is 7.89. The third-order valence-corrected chi connectivity index (χ3v) is 3.75. The van der Waals surface area contributed by atoms with Crippen LogP contribution in [0.4, 0.5) is 13.6 Å². The highest BCUT2D eigenvalue weighted by Crippen LogP contribution is 2.14. The highest BCUT2D eigenvalue weighted by Gasteiger charge is 2.23. The molecular weight excluding hydrogens is 306 g/mol. The van der Waals surface area contributed by atoms with Crippen molar-refractivity contribution in [2.45, 2.75) is 19.8 Å². The third-order valence-electron chi connectivity index (χ3n) is 3.75. The van der Waals surface area contributed by atoms with Gasteiger partial charge in [0.1, 0.15) is 0 Å². The molecular formula is C16H20F2N2O3. The Bertz CT molecular complexity index is 580. The summed E-state index contributed by atoms with van der Waals surface area (Å²) in [6.45, 7) is 3.75. The molecule has 1 aliphatic rings.